The molecule has 0 aromatic carbocycles. The highest BCUT2D eigenvalue weighted by molar-refractivity contribution is 5.84. The van der Waals surface area contributed by atoms with E-state index < -0.39 is 0 Å². The number of hydrogen-bond donors (Lipinski definition) is 1. The van der Waals surface area contributed by atoms with E-state index in [1.165, 1.54) is 51.5 Å². The molecule has 4 aliphatic rings. The van der Waals surface area contributed by atoms with E-state index in [1.54, 1.807) is 0 Å². The summed E-state index contributed by atoms with van der Waals surface area (Å²) < 4.78 is 0. The summed E-state index contributed by atoms with van der Waals surface area (Å²) in [5.74, 6) is 1.04. The summed E-state index contributed by atoms with van der Waals surface area (Å²) in [4.78, 5) is 17.5. The van der Waals surface area contributed by atoms with Crippen molar-refractivity contribution < 1.29 is 4.79 Å². The van der Waals surface area contributed by atoms with Crippen LogP contribution >= 0.6 is 0 Å². The van der Waals surface area contributed by atoms with Gasteiger partial charge in [0, 0.05) is 25.2 Å². The highest BCUT2D eigenvalue weighted by Crippen LogP contribution is 2.36. The van der Waals surface area contributed by atoms with Crippen LogP contribution in [0.2, 0.25) is 0 Å². The van der Waals surface area contributed by atoms with Crippen LogP contribution in [0.25, 0.3) is 0 Å². The van der Waals surface area contributed by atoms with Gasteiger partial charge in [0.05, 0.1) is 12.2 Å². The molecule has 2 aliphatic carbocycles. The minimum absolute atomic E-state index is 0.0237. The Morgan fingerprint density at radius 2 is 1.80 bits per heavy atom. The van der Waals surface area contributed by atoms with Gasteiger partial charge in [-0.05, 0) is 44.9 Å². The van der Waals surface area contributed by atoms with Crippen LogP contribution < -0.4 is 5.32 Å². The van der Waals surface area contributed by atoms with Crippen LogP contribution in [0.4, 0.5) is 0 Å². The van der Waals surface area contributed by atoms with Gasteiger partial charge in [-0.1, -0.05) is 12.8 Å². The smallest absolute Gasteiger partial charge is 0.241 e. The van der Waals surface area contributed by atoms with E-state index in [4.69, 9.17) is 0 Å². The maximum Gasteiger partial charge on any atom is 0.241 e. The average Bonchev–Trinajstić information content (AvgIpc) is 2.89. The van der Waals surface area contributed by atoms with Gasteiger partial charge in [0.1, 0.15) is 0 Å². The van der Waals surface area contributed by atoms with Gasteiger partial charge in [0.25, 0.3) is 0 Å². The topological polar surface area (TPSA) is 35.6 Å². The summed E-state index contributed by atoms with van der Waals surface area (Å²) in [5.41, 5.74) is 0. The Morgan fingerprint density at radius 3 is 2.50 bits per heavy atom. The number of nitrogens with zero attached hydrogens (tertiary/aromatic N) is 2. The summed E-state index contributed by atoms with van der Waals surface area (Å²) in [6.45, 7) is 4.36. The first-order valence-corrected chi connectivity index (χ1v) is 8.56. The molecule has 4 nitrogen and oxygen atoms in total. The average molecular weight is 277 g/mol. The summed E-state index contributed by atoms with van der Waals surface area (Å²) in [6, 6.07) is 1.33. The summed E-state index contributed by atoms with van der Waals surface area (Å²) in [5, 5.41) is 3.59. The number of carbonyl (C=O) groups is 1. The van der Waals surface area contributed by atoms with Crippen LogP contribution in [0.5, 0.6) is 0 Å². The largest absolute Gasteiger partial charge is 0.321 e. The molecule has 0 aromatic rings. The molecular weight excluding hydrogens is 250 g/mol. The number of carbonyl (C=O) groups excluding carboxylic acids is 1. The molecule has 4 fully saturated rings. The molecule has 4 rings (SSSR count). The van der Waals surface area contributed by atoms with Crippen molar-refractivity contribution in [1.29, 1.82) is 0 Å². The van der Waals surface area contributed by atoms with E-state index in [-0.39, 0.29) is 6.04 Å². The molecule has 3 unspecified atom stereocenters. The monoisotopic (exact) mass is 277 g/mol. The van der Waals surface area contributed by atoms with E-state index in [2.05, 4.69) is 15.1 Å². The predicted octanol–water partition coefficient (Wildman–Crippen LogP) is 1.56. The van der Waals surface area contributed by atoms with Gasteiger partial charge in [0.2, 0.25) is 5.91 Å². The second-order valence-electron chi connectivity index (χ2n) is 7.29. The number of likely N-dealkylation sites (tertiary alicyclic amines) is 1. The van der Waals surface area contributed by atoms with E-state index >= 15 is 0 Å². The van der Waals surface area contributed by atoms with Gasteiger partial charge in [-0.25, -0.2) is 0 Å². The first-order chi connectivity index (χ1) is 9.74. The van der Waals surface area contributed by atoms with Crippen molar-refractivity contribution in [2.75, 3.05) is 13.1 Å². The van der Waals surface area contributed by atoms with Crippen molar-refractivity contribution in [1.82, 2.24) is 15.1 Å². The van der Waals surface area contributed by atoms with Crippen molar-refractivity contribution in [3.8, 4) is 0 Å². The second-order valence-corrected chi connectivity index (χ2v) is 7.29. The lowest BCUT2D eigenvalue weighted by molar-refractivity contribution is -0.132. The fourth-order valence-electron chi connectivity index (χ4n) is 4.58. The SMILES string of the molecule is CC1NC(C2CCCC2)N(C2CCN(C3CC3)C2)C1=O. The van der Waals surface area contributed by atoms with E-state index in [1.807, 2.05) is 6.92 Å². The summed E-state index contributed by atoms with van der Waals surface area (Å²) in [6.07, 6.45) is 9.54. The van der Waals surface area contributed by atoms with Gasteiger partial charge in [-0.15, -0.1) is 0 Å². The highest BCUT2D eigenvalue weighted by Gasteiger charge is 2.47. The summed E-state index contributed by atoms with van der Waals surface area (Å²) in [7, 11) is 0. The minimum Gasteiger partial charge on any atom is -0.321 e. The number of hydrogen-bond acceptors (Lipinski definition) is 3. The maximum absolute atomic E-state index is 12.6. The Kier molecular flexibility index (Phi) is 3.26. The van der Waals surface area contributed by atoms with Crippen molar-refractivity contribution in [3.05, 3.63) is 0 Å². The van der Waals surface area contributed by atoms with E-state index in [0.29, 0.717) is 24.0 Å². The standard InChI is InChI=1S/C16H27N3O/c1-11-16(20)19(15(17-11)12-4-2-3-5-12)14-8-9-18(10-14)13-6-7-13/h11-15,17H,2-10H2,1H3. The normalized spacial score (nSPS) is 40.1. The molecule has 1 amide bonds. The maximum atomic E-state index is 12.6. The third-order valence-corrected chi connectivity index (χ3v) is 5.84. The van der Waals surface area contributed by atoms with Crippen LogP contribution in [-0.4, -0.2) is 53.1 Å². The Labute approximate surface area is 121 Å². The molecule has 0 radical (unpaired) electrons. The summed E-state index contributed by atoms with van der Waals surface area (Å²) >= 11 is 0. The minimum atomic E-state index is 0.0237. The number of rotatable bonds is 3. The molecule has 4 heteroatoms. The van der Waals surface area contributed by atoms with E-state index in [0.717, 1.165) is 12.6 Å². The van der Waals surface area contributed by atoms with Crippen LogP contribution in [-0.2, 0) is 4.79 Å². The van der Waals surface area contributed by atoms with Gasteiger partial charge in [-0.3, -0.25) is 15.0 Å². The Bertz CT molecular complexity index is 389. The van der Waals surface area contributed by atoms with Crippen LogP contribution in [0.15, 0.2) is 0 Å². The molecule has 2 saturated carbocycles. The molecule has 0 bridgehead atoms. The van der Waals surface area contributed by atoms with Crippen LogP contribution in [0.1, 0.15) is 51.9 Å². The Balaban J connectivity index is 1.49. The van der Waals surface area contributed by atoms with Crippen LogP contribution in [0.3, 0.4) is 0 Å². The molecule has 2 aliphatic heterocycles. The number of amides is 1. The third-order valence-electron chi connectivity index (χ3n) is 5.84. The fraction of sp³-hybridized carbons (Fsp3) is 0.938. The molecule has 0 spiro atoms. The molecule has 2 saturated heterocycles. The first-order valence-electron chi connectivity index (χ1n) is 8.56. The van der Waals surface area contributed by atoms with Gasteiger partial charge in [0.15, 0.2) is 0 Å². The van der Waals surface area contributed by atoms with Crippen molar-refractivity contribution >= 4 is 5.91 Å². The third kappa shape index (κ3) is 2.17. The lowest BCUT2D eigenvalue weighted by Gasteiger charge is -2.34. The predicted molar refractivity (Wildman–Crippen MR) is 78.2 cm³/mol. The quantitative estimate of drug-likeness (QED) is 0.850. The lowest BCUT2D eigenvalue weighted by Crippen LogP contribution is -2.49. The first kappa shape index (κ1) is 13.1. The zero-order valence-electron chi connectivity index (χ0n) is 12.6. The van der Waals surface area contributed by atoms with Crippen molar-refractivity contribution in [2.45, 2.75) is 76.2 Å². The molecular formula is C16H27N3O. The van der Waals surface area contributed by atoms with Gasteiger partial charge in [-0.2, -0.15) is 0 Å². The van der Waals surface area contributed by atoms with Gasteiger partial charge >= 0.3 is 0 Å². The zero-order valence-corrected chi connectivity index (χ0v) is 12.6. The second kappa shape index (κ2) is 4.99. The highest BCUT2D eigenvalue weighted by atomic mass is 16.2. The number of nitrogens with one attached hydrogen (secondary N) is 1. The van der Waals surface area contributed by atoms with Crippen molar-refractivity contribution in [2.24, 2.45) is 5.92 Å². The molecule has 0 aromatic heterocycles. The van der Waals surface area contributed by atoms with Crippen LogP contribution in [0, 0.1) is 5.92 Å². The molecule has 112 valence electrons. The molecule has 2 heterocycles. The molecule has 3 atom stereocenters. The fourth-order valence-corrected chi connectivity index (χ4v) is 4.58. The Hall–Kier alpha value is -0.610. The van der Waals surface area contributed by atoms with E-state index in [9.17, 15) is 4.79 Å². The zero-order chi connectivity index (χ0) is 13.7. The molecule has 20 heavy (non-hydrogen) atoms. The van der Waals surface area contributed by atoms with Crippen molar-refractivity contribution in [3.63, 3.8) is 0 Å². The molecule has 1 N–H and O–H groups in total. The van der Waals surface area contributed by atoms with Gasteiger partial charge < -0.3 is 4.90 Å². The lowest BCUT2D eigenvalue weighted by atomic mass is 10.0. The Morgan fingerprint density at radius 1 is 1.05 bits per heavy atom.